The second kappa shape index (κ2) is 5.46. The fraction of sp³-hybridized carbons (Fsp3) is 0.556. The van der Waals surface area contributed by atoms with Gasteiger partial charge in [-0.3, -0.25) is 4.79 Å². The number of aldehydes is 1. The van der Waals surface area contributed by atoms with Crippen molar-refractivity contribution in [3.63, 3.8) is 0 Å². The largest absolute Gasteiger partial charge is 0.405 e. The van der Waals surface area contributed by atoms with E-state index in [9.17, 15) is 18.0 Å². The molecular weight excluding hydrogens is 257 g/mol. The summed E-state index contributed by atoms with van der Waals surface area (Å²) in [5.74, 6) is 0. The second-order valence-corrected chi connectivity index (χ2v) is 4.34. The van der Waals surface area contributed by atoms with Crippen molar-refractivity contribution in [3.8, 4) is 0 Å². The van der Waals surface area contributed by atoms with Gasteiger partial charge in [-0.15, -0.1) is 0 Å². The minimum atomic E-state index is -4.30. The Morgan fingerprint density at radius 3 is 2.65 bits per heavy atom. The number of nitrogens with zero attached hydrogens (tertiary/aromatic N) is 2. The van der Waals surface area contributed by atoms with E-state index in [-0.39, 0.29) is 16.6 Å². The topological polar surface area (TPSA) is 42.4 Å². The van der Waals surface area contributed by atoms with Gasteiger partial charge in [-0.1, -0.05) is 11.3 Å². The molecule has 1 aromatic heterocycles. The predicted molar refractivity (Wildman–Crippen MR) is 57.5 cm³/mol. The van der Waals surface area contributed by atoms with Crippen molar-refractivity contribution in [3.05, 3.63) is 10.6 Å². The lowest BCUT2D eigenvalue weighted by Crippen LogP contribution is -2.30. The third-order valence-corrected chi connectivity index (χ3v) is 2.98. The number of hydrogen-bond donors (Lipinski definition) is 0. The Balaban J connectivity index is 2.87. The van der Waals surface area contributed by atoms with Crippen LogP contribution in [0.5, 0.6) is 0 Å². The summed E-state index contributed by atoms with van der Waals surface area (Å²) in [7, 11) is 2.70. The molecule has 8 heteroatoms. The molecule has 1 aromatic rings. The number of alkyl halides is 3. The lowest BCUT2D eigenvalue weighted by molar-refractivity contribution is -0.119. The van der Waals surface area contributed by atoms with E-state index in [1.807, 2.05) is 0 Å². The van der Waals surface area contributed by atoms with Gasteiger partial charge in [-0.25, -0.2) is 4.98 Å². The molecule has 1 heterocycles. The van der Waals surface area contributed by atoms with Gasteiger partial charge in [0.1, 0.15) is 6.54 Å². The predicted octanol–water partition coefficient (Wildman–Crippen LogP) is 2.10. The summed E-state index contributed by atoms with van der Waals surface area (Å²) in [6.07, 6.45) is -3.74. The van der Waals surface area contributed by atoms with E-state index in [2.05, 4.69) is 4.98 Å². The van der Waals surface area contributed by atoms with Crippen molar-refractivity contribution in [2.24, 2.45) is 0 Å². The van der Waals surface area contributed by atoms with Gasteiger partial charge in [0.05, 0.1) is 17.2 Å². The van der Waals surface area contributed by atoms with Crippen LogP contribution in [0.3, 0.4) is 0 Å². The molecule has 17 heavy (non-hydrogen) atoms. The van der Waals surface area contributed by atoms with E-state index in [4.69, 9.17) is 4.74 Å². The monoisotopic (exact) mass is 268 g/mol. The van der Waals surface area contributed by atoms with E-state index in [1.54, 1.807) is 0 Å². The van der Waals surface area contributed by atoms with Crippen molar-refractivity contribution < 1.29 is 22.7 Å². The van der Waals surface area contributed by atoms with Gasteiger partial charge in [-0.05, 0) is 0 Å². The molecule has 0 saturated carbocycles. The molecule has 0 aliphatic heterocycles. The number of carbonyl (C=O) groups excluding carboxylic acids is 1. The molecule has 0 saturated heterocycles. The van der Waals surface area contributed by atoms with Crippen molar-refractivity contribution in [1.29, 1.82) is 0 Å². The Kier molecular flexibility index (Phi) is 4.47. The van der Waals surface area contributed by atoms with Gasteiger partial charge in [0, 0.05) is 14.2 Å². The van der Waals surface area contributed by atoms with Crippen molar-refractivity contribution in [2.75, 3.05) is 25.6 Å². The molecule has 0 aliphatic rings. The van der Waals surface area contributed by atoms with E-state index in [0.717, 1.165) is 16.2 Å². The number of rotatable bonds is 5. The SMILES string of the molecule is COCc1nc(N(C)CC(F)(F)F)sc1C=O. The normalized spacial score (nSPS) is 11.6. The highest BCUT2D eigenvalue weighted by atomic mass is 32.1. The maximum Gasteiger partial charge on any atom is 0.405 e. The lowest BCUT2D eigenvalue weighted by Gasteiger charge is -2.17. The van der Waals surface area contributed by atoms with Crippen LogP contribution in [0.4, 0.5) is 18.3 Å². The van der Waals surface area contributed by atoms with E-state index >= 15 is 0 Å². The lowest BCUT2D eigenvalue weighted by atomic mass is 10.4. The standard InChI is InChI=1S/C9H11F3N2O2S/c1-14(5-9(10,11)12)8-13-6(4-16-2)7(3-15)17-8/h3H,4-5H2,1-2H3. The molecule has 0 aliphatic carbocycles. The van der Waals surface area contributed by atoms with Crippen LogP contribution >= 0.6 is 11.3 Å². The van der Waals surface area contributed by atoms with Crippen LogP contribution in [0, 0.1) is 0 Å². The Bertz CT molecular complexity index is 392. The quantitative estimate of drug-likeness (QED) is 0.767. The first-order valence-electron chi connectivity index (χ1n) is 4.59. The van der Waals surface area contributed by atoms with Gasteiger partial charge in [0.25, 0.3) is 0 Å². The molecule has 0 fully saturated rings. The molecule has 0 radical (unpaired) electrons. The minimum absolute atomic E-state index is 0.102. The van der Waals surface area contributed by atoms with Gasteiger partial charge < -0.3 is 9.64 Å². The molecule has 0 N–H and O–H groups in total. The Morgan fingerprint density at radius 1 is 1.53 bits per heavy atom. The van der Waals surface area contributed by atoms with Crippen LogP contribution in [0.2, 0.25) is 0 Å². The Hall–Kier alpha value is -1.15. The van der Waals surface area contributed by atoms with Gasteiger partial charge in [0.15, 0.2) is 11.4 Å². The number of aromatic nitrogens is 1. The van der Waals surface area contributed by atoms with Crippen molar-refractivity contribution in [2.45, 2.75) is 12.8 Å². The number of thiazole rings is 1. The fourth-order valence-corrected chi connectivity index (χ4v) is 2.03. The molecule has 0 aromatic carbocycles. The van der Waals surface area contributed by atoms with Crippen LogP contribution in [-0.4, -0.2) is 38.1 Å². The third kappa shape index (κ3) is 3.97. The highest BCUT2D eigenvalue weighted by Crippen LogP contribution is 2.27. The molecule has 0 spiro atoms. The first-order chi connectivity index (χ1) is 7.87. The van der Waals surface area contributed by atoms with E-state index in [0.29, 0.717) is 12.0 Å². The molecule has 1 rings (SSSR count). The Labute approximate surface area is 100 Å². The molecule has 0 unspecified atom stereocenters. The molecule has 0 atom stereocenters. The zero-order valence-corrected chi connectivity index (χ0v) is 10.1. The smallest absolute Gasteiger partial charge is 0.378 e. The zero-order valence-electron chi connectivity index (χ0n) is 9.24. The van der Waals surface area contributed by atoms with Crippen LogP contribution in [0.1, 0.15) is 15.4 Å². The number of halogens is 3. The van der Waals surface area contributed by atoms with E-state index in [1.165, 1.54) is 14.2 Å². The number of carbonyl (C=O) groups is 1. The van der Waals surface area contributed by atoms with Gasteiger partial charge in [0.2, 0.25) is 0 Å². The number of anilines is 1. The van der Waals surface area contributed by atoms with Crippen LogP contribution in [0.25, 0.3) is 0 Å². The number of methoxy groups -OCH3 is 1. The average molecular weight is 268 g/mol. The summed E-state index contributed by atoms with van der Waals surface area (Å²) in [4.78, 5) is 15.9. The molecule has 0 amide bonds. The average Bonchev–Trinajstić information content (AvgIpc) is 2.59. The fourth-order valence-electron chi connectivity index (χ4n) is 1.18. The first kappa shape index (κ1) is 13.9. The van der Waals surface area contributed by atoms with Crippen LogP contribution in [-0.2, 0) is 11.3 Å². The molecule has 96 valence electrons. The summed E-state index contributed by atoms with van der Waals surface area (Å²) in [6, 6.07) is 0. The van der Waals surface area contributed by atoms with E-state index < -0.39 is 12.7 Å². The summed E-state index contributed by atoms with van der Waals surface area (Å²) in [5, 5.41) is 0.150. The zero-order chi connectivity index (χ0) is 13.1. The van der Waals surface area contributed by atoms with Gasteiger partial charge >= 0.3 is 6.18 Å². The van der Waals surface area contributed by atoms with Crippen LogP contribution < -0.4 is 4.90 Å². The Morgan fingerprint density at radius 2 is 2.18 bits per heavy atom. The number of ether oxygens (including phenoxy) is 1. The second-order valence-electron chi connectivity index (χ2n) is 3.33. The van der Waals surface area contributed by atoms with Crippen LogP contribution in [0.15, 0.2) is 0 Å². The van der Waals surface area contributed by atoms with Crippen molar-refractivity contribution in [1.82, 2.24) is 4.98 Å². The summed E-state index contributed by atoms with van der Waals surface area (Å²) < 4.78 is 41.3. The molecule has 0 bridgehead atoms. The molecule has 4 nitrogen and oxygen atoms in total. The maximum absolute atomic E-state index is 12.2. The minimum Gasteiger partial charge on any atom is -0.378 e. The highest BCUT2D eigenvalue weighted by Gasteiger charge is 2.30. The maximum atomic E-state index is 12.2. The van der Waals surface area contributed by atoms with Gasteiger partial charge in [-0.2, -0.15) is 13.2 Å². The summed E-state index contributed by atoms with van der Waals surface area (Å²) >= 11 is 0.915. The van der Waals surface area contributed by atoms with Crippen molar-refractivity contribution >= 4 is 22.8 Å². The highest BCUT2D eigenvalue weighted by molar-refractivity contribution is 7.17. The first-order valence-corrected chi connectivity index (χ1v) is 5.40. The summed E-state index contributed by atoms with van der Waals surface area (Å²) in [6.45, 7) is -1.00. The summed E-state index contributed by atoms with van der Waals surface area (Å²) in [5.41, 5.74) is 0.358. The number of hydrogen-bond acceptors (Lipinski definition) is 5. The molecular formula is C9H11F3N2O2S. The third-order valence-electron chi connectivity index (χ3n) is 1.85.